The van der Waals surface area contributed by atoms with Crippen LogP contribution in [-0.4, -0.2) is 169 Å². The highest BCUT2D eigenvalue weighted by Crippen LogP contribution is 2.76. The molecule has 0 bridgehead atoms. The first-order valence-electron chi connectivity index (χ1n) is 23.8. The molecule has 17 nitrogen and oxygen atoms in total. The van der Waals surface area contributed by atoms with Crippen molar-refractivity contribution in [2.45, 2.75) is 198 Å². The lowest BCUT2D eigenvalue weighted by atomic mass is 9.33. The average molecular weight is 913 g/mol. The summed E-state index contributed by atoms with van der Waals surface area (Å²) in [4.78, 5) is 14.7. The molecule has 0 aromatic heterocycles. The predicted octanol–water partition coefficient (Wildman–Crippen LogP) is 0.636. The first-order valence-corrected chi connectivity index (χ1v) is 23.8. The summed E-state index contributed by atoms with van der Waals surface area (Å²) in [5.41, 5.74) is -0.394. The molecule has 3 saturated heterocycles. The molecule has 0 aromatic carbocycles. The van der Waals surface area contributed by atoms with Crippen molar-refractivity contribution in [3.63, 3.8) is 0 Å². The highest BCUT2D eigenvalue weighted by Gasteiger charge is 2.70. The van der Waals surface area contributed by atoms with E-state index in [1.165, 1.54) is 5.57 Å². The summed E-state index contributed by atoms with van der Waals surface area (Å²) >= 11 is 0. The van der Waals surface area contributed by atoms with Crippen LogP contribution >= 0.6 is 0 Å². The number of fused-ring (bicyclic) bond motifs is 7. The first-order chi connectivity index (χ1) is 30.0. The van der Waals surface area contributed by atoms with Crippen LogP contribution in [0, 0.1) is 56.7 Å². The van der Waals surface area contributed by atoms with Crippen LogP contribution in [0.1, 0.15) is 106 Å². The minimum absolute atomic E-state index is 0.0968. The van der Waals surface area contributed by atoms with Crippen LogP contribution < -0.4 is 0 Å². The summed E-state index contributed by atoms with van der Waals surface area (Å²) in [6.45, 7) is 14.7. The molecule has 64 heavy (non-hydrogen) atoms. The molecular weight excluding hydrogens is 836 g/mol. The molecule has 366 valence electrons. The van der Waals surface area contributed by atoms with E-state index in [9.17, 15) is 55.9 Å². The lowest BCUT2D eigenvalue weighted by Gasteiger charge is -2.71. The van der Waals surface area contributed by atoms with Gasteiger partial charge in [0.05, 0.1) is 31.3 Å². The van der Waals surface area contributed by atoms with Crippen molar-refractivity contribution in [2.24, 2.45) is 56.7 Å². The maximum atomic E-state index is 14.7. The molecule has 0 aromatic rings. The number of aliphatic hydroxyl groups is 10. The van der Waals surface area contributed by atoms with Crippen molar-refractivity contribution >= 4 is 5.97 Å². The monoisotopic (exact) mass is 913 g/mol. The molecule has 8 aliphatic rings. The van der Waals surface area contributed by atoms with Gasteiger partial charge in [0.25, 0.3) is 0 Å². The van der Waals surface area contributed by atoms with E-state index in [1.54, 1.807) is 0 Å². The zero-order chi connectivity index (χ0) is 46.6. The quantitative estimate of drug-likeness (QED) is 0.0909. The van der Waals surface area contributed by atoms with Gasteiger partial charge >= 0.3 is 5.97 Å². The minimum atomic E-state index is -1.72. The Labute approximate surface area is 376 Å². The lowest BCUT2D eigenvalue weighted by molar-refractivity contribution is -0.357. The number of hydrogen-bond donors (Lipinski definition) is 10. The SMILES string of the molecule is C[C@H]1[C@H](C)CC[C@]2(C(=O)O[C@@H]3O[C@H](CO)[C@@H](O)[C@H](O)[C@H]3O)CC[C@]3(C)C(=CC[C@@H]4[C@@]5(C)CC[C@H](O[C@@H]6OC[C@@H](O)[C@H](O[C@@H]7O[C@H](CO)[C@@H](O)[C@H](O)[C@H]7O)[C@H]6O)C(C)(C)[C@@H]5CC[C@]43C)[C@H]12. The van der Waals surface area contributed by atoms with Crippen molar-refractivity contribution in [1.29, 1.82) is 0 Å². The van der Waals surface area contributed by atoms with E-state index in [1.807, 2.05) is 0 Å². The van der Waals surface area contributed by atoms with Gasteiger partial charge in [-0.3, -0.25) is 4.79 Å². The Morgan fingerprint density at radius 1 is 0.688 bits per heavy atom. The average Bonchev–Trinajstić information content (AvgIpc) is 3.25. The Kier molecular flexibility index (Phi) is 13.4. The number of carbonyl (C=O) groups is 1. The molecular formula is C47H76O17. The van der Waals surface area contributed by atoms with Crippen LogP contribution in [0.3, 0.4) is 0 Å². The summed E-state index contributed by atoms with van der Waals surface area (Å²) in [6, 6.07) is 0. The Balaban J connectivity index is 1.01. The highest BCUT2D eigenvalue weighted by atomic mass is 16.7. The van der Waals surface area contributed by atoms with E-state index in [0.29, 0.717) is 31.1 Å². The van der Waals surface area contributed by atoms with Crippen molar-refractivity contribution < 1.29 is 84.3 Å². The Bertz CT molecular complexity index is 1730. The number of ether oxygens (including phenoxy) is 6. The fraction of sp³-hybridized carbons (Fsp3) is 0.936. The number of rotatable bonds is 8. The largest absolute Gasteiger partial charge is 0.432 e. The molecule has 3 heterocycles. The van der Waals surface area contributed by atoms with E-state index in [-0.39, 0.29) is 52.1 Å². The van der Waals surface area contributed by atoms with Gasteiger partial charge in [-0.2, -0.15) is 0 Å². The summed E-state index contributed by atoms with van der Waals surface area (Å²) in [5, 5.41) is 105. The third kappa shape index (κ3) is 7.40. The van der Waals surface area contributed by atoms with Crippen molar-refractivity contribution in [3.8, 4) is 0 Å². The summed E-state index contributed by atoms with van der Waals surface area (Å²) in [6.07, 6.45) is -11.6. The molecule has 4 saturated carbocycles. The molecule has 17 heteroatoms. The third-order valence-corrected chi connectivity index (χ3v) is 19.3. The van der Waals surface area contributed by atoms with Gasteiger partial charge in [-0.05, 0) is 109 Å². The number of esters is 1. The van der Waals surface area contributed by atoms with E-state index in [0.717, 1.165) is 38.5 Å². The van der Waals surface area contributed by atoms with E-state index < -0.39 is 111 Å². The zero-order valence-electron chi connectivity index (χ0n) is 38.4. The Morgan fingerprint density at radius 3 is 1.95 bits per heavy atom. The van der Waals surface area contributed by atoms with Gasteiger partial charge < -0.3 is 79.5 Å². The van der Waals surface area contributed by atoms with Gasteiger partial charge in [-0.1, -0.05) is 60.1 Å². The normalized spacial score (nSPS) is 54.9. The Hall–Kier alpha value is -1.39. The van der Waals surface area contributed by atoms with Crippen LogP contribution in [0.5, 0.6) is 0 Å². The van der Waals surface area contributed by atoms with E-state index >= 15 is 0 Å². The van der Waals surface area contributed by atoms with Crippen molar-refractivity contribution in [1.82, 2.24) is 0 Å². The van der Waals surface area contributed by atoms with Crippen LogP contribution in [0.4, 0.5) is 0 Å². The standard InChI is InChI=1S/C47H76O17/c1-21-10-15-47(42(58)64-41-36(56)34(54)32(52)26(19-49)61-41)17-16-45(6)23(30(47)22(21)2)8-9-28-44(5)13-12-29(43(3,4)27(44)11-14-46(28,45)7)62-39-37(57)38(24(50)20-59-39)63-40-35(55)33(53)31(51)25(18-48)60-40/h8,21-22,24-41,48-57H,9-20H2,1-7H3/t21-,22+,24-,25-,26-,27+,28-,29+,30+,31-,32-,33+,34+,35-,36-,37-,38+,39+,40+,41+,44+,45-,46-,47+/m1/s1. The molecule has 0 spiro atoms. The van der Waals surface area contributed by atoms with Gasteiger partial charge in [0.15, 0.2) is 12.6 Å². The fourth-order valence-corrected chi connectivity index (χ4v) is 15.0. The van der Waals surface area contributed by atoms with Crippen LogP contribution in [0.25, 0.3) is 0 Å². The number of hydrogen-bond acceptors (Lipinski definition) is 17. The summed E-state index contributed by atoms with van der Waals surface area (Å²) in [5.74, 6) is 0.445. The lowest BCUT2D eigenvalue weighted by Crippen LogP contribution is -2.66. The second-order valence-corrected chi connectivity index (χ2v) is 22.4. The third-order valence-electron chi connectivity index (χ3n) is 19.3. The second kappa shape index (κ2) is 17.5. The second-order valence-electron chi connectivity index (χ2n) is 22.4. The van der Waals surface area contributed by atoms with Gasteiger partial charge in [-0.15, -0.1) is 0 Å². The van der Waals surface area contributed by atoms with Gasteiger partial charge in [0, 0.05) is 0 Å². The van der Waals surface area contributed by atoms with Gasteiger partial charge in [0.1, 0.15) is 67.1 Å². The molecule has 0 unspecified atom stereocenters. The molecule has 24 atom stereocenters. The fourth-order valence-electron chi connectivity index (χ4n) is 15.0. The highest BCUT2D eigenvalue weighted by molar-refractivity contribution is 5.79. The minimum Gasteiger partial charge on any atom is -0.432 e. The van der Waals surface area contributed by atoms with Crippen molar-refractivity contribution in [2.75, 3.05) is 19.8 Å². The zero-order valence-corrected chi connectivity index (χ0v) is 38.4. The summed E-state index contributed by atoms with van der Waals surface area (Å²) < 4.78 is 35.6. The molecule has 0 amide bonds. The smallest absolute Gasteiger partial charge is 0.315 e. The summed E-state index contributed by atoms with van der Waals surface area (Å²) in [7, 11) is 0. The van der Waals surface area contributed by atoms with Crippen LogP contribution in [-0.2, 0) is 33.2 Å². The predicted molar refractivity (Wildman–Crippen MR) is 224 cm³/mol. The molecule has 0 radical (unpaired) electrons. The number of aliphatic hydroxyl groups excluding tert-OH is 10. The maximum Gasteiger partial charge on any atom is 0.315 e. The number of carbonyl (C=O) groups excluding carboxylic acids is 1. The van der Waals surface area contributed by atoms with Crippen molar-refractivity contribution in [3.05, 3.63) is 11.6 Å². The topological polar surface area (TPSA) is 275 Å². The molecule has 7 fully saturated rings. The number of allylic oxidation sites excluding steroid dienone is 2. The molecule has 8 rings (SSSR count). The molecule has 10 N–H and O–H groups in total. The Morgan fingerprint density at radius 2 is 1.31 bits per heavy atom. The van der Waals surface area contributed by atoms with E-state index in [4.69, 9.17) is 28.4 Å². The first kappa shape index (κ1) is 49.0. The van der Waals surface area contributed by atoms with E-state index in [2.05, 4.69) is 54.5 Å². The van der Waals surface area contributed by atoms with Gasteiger partial charge in [0.2, 0.25) is 6.29 Å². The van der Waals surface area contributed by atoms with Gasteiger partial charge in [-0.25, -0.2) is 0 Å². The molecule has 5 aliphatic carbocycles. The van der Waals surface area contributed by atoms with Crippen LogP contribution in [0.15, 0.2) is 11.6 Å². The maximum absolute atomic E-state index is 14.7. The molecule has 3 aliphatic heterocycles. The van der Waals surface area contributed by atoms with Crippen LogP contribution in [0.2, 0.25) is 0 Å².